The first-order chi connectivity index (χ1) is 8.58. The van der Waals surface area contributed by atoms with Crippen LogP contribution in [0.4, 0.5) is 0 Å². The van der Waals surface area contributed by atoms with Gasteiger partial charge in [0.05, 0.1) is 13.2 Å². The summed E-state index contributed by atoms with van der Waals surface area (Å²) in [6, 6.07) is -0.0389. The lowest BCUT2D eigenvalue weighted by molar-refractivity contribution is -0.130. The number of nitrogens with zero attached hydrogens (tertiary/aromatic N) is 2. The highest BCUT2D eigenvalue weighted by molar-refractivity contribution is 5.85. The molecular weight excluding hydrogens is 266 g/mol. The van der Waals surface area contributed by atoms with E-state index >= 15 is 0 Å². The number of aliphatic hydroxyl groups excluding tert-OH is 1. The van der Waals surface area contributed by atoms with Gasteiger partial charge in [0.2, 0.25) is 5.91 Å². The molecule has 0 saturated carbocycles. The Labute approximate surface area is 121 Å². The summed E-state index contributed by atoms with van der Waals surface area (Å²) in [5.41, 5.74) is 0. The number of rotatable bonds is 6. The second-order valence-electron chi connectivity index (χ2n) is 5.23. The van der Waals surface area contributed by atoms with Gasteiger partial charge >= 0.3 is 6.17 Å². The van der Waals surface area contributed by atoms with Crippen molar-refractivity contribution in [1.82, 2.24) is 10.2 Å². The number of hydrogen-bond acceptors (Lipinski definition) is 3. The Morgan fingerprint density at radius 2 is 2.26 bits per heavy atom. The Balaban J connectivity index is 0.00000324. The van der Waals surface area contributed by atoms with E-state index in [-0.39, 0.29) is 43.7 Å². The molecule has 110 valence electrons. The maximum absolute atomic E-state index is 12.0. The van der Waals surface area contributed by atoms with E-state index < -0.39 is 0 Å². The van der Waals surface area contributed by atoms with E-state index in [0.29, 0.717) is 12.5 Å². The summed E-state index contributed by atoms with van der Waals surface area (Å²) in [4.78, 5) is 17.1. The van der Waals surface area contributed by atoms with Crippen LogP contribution < -0.4 is 5.32 Å². The maximum Gasteiger partial charge on any atom is 0.300 e. The third kappa shape index (κ3) is 5.77. The Morgan fingerprint density at radius 3 is 2.79 bits per heavy atom. The van der Waals surface area contributed by atoms with Crippen molar-refractivity contribution in [2.24, 2.45) is 5.92 Å². The normalized spacial score (nSPS) is 19.9. The quantitative estimate of drug-likeness (QED) is 0.724. The molecule has 0 aromatic carbocycles. The van der Waals surface area contributed by atoms with Crippen LogP contribution in [0.3, 0.4) is 0 Å². The molecule has 0 unspecified atom stereocenters. The molecule has 6 heteroatoms. The highest BCUT2D eigenvalue weighted by Gasteiger charge is 2.32. The van der Waals surface area contributed by atoms with E-state index in [1.54, 1.807) is 4.90 Å². The highest BCUT2D eigenvalue weighted by atomic mass is 35.5. The minimum absolute atomic E-state index is 0. The molecule has 0 bridgehead atoms. The average Bonchev–Trinajstić information content (AvgIpc) is 2.81. The number of aliphatic hydroxyl groups is 1. The Hall–Kier alpha value is -0.830. The molecule has 0 aromatic heterocycles. The summed E-state index contributed by atoms with van der Waals surface area (Å²) in [5, 5.41) is 12.3. The first-order valence-electron chi connectivity index (χ1n) is 6.58. The van der Waals surface area contributed by atoms with Gasteiger partial charge in [0.25, 0.3) is 0 Å². The summed E-state index contributed by atoms with van der Waals surface area (Å²) in [6.45, 7) is 12.1. The van der Waals surface area contributed by atoms with Crippen molar-refractivity contribution >= 4 is 18.3 Å². The third-order valence-corrected chi connectivity index (χ3v) is 3.21. The van der Waals surface area contributed by atoms with E-state index in [2.05, 4.69) is 24.0 Å². The van der Waals surface area contributed by atoms with Crippen molar-refractivity contribution in [3.63, 3.8) is 0 Å². The molecule has 2 atom stereocenters. The molecular formula is C13H24ClN3O2. The Kier molecular flexibility index (Phi) is 8.73. The average molecular weight is 290 g/mol. The topological polar surface area (TPSA) is 56.9 Å². The molecule has 0 aliphatic carbocycles. The molecule has 1 saturated heterocycles. The van der Waals surface area contributed by atoms with Crippen LogP contribution in [-0.2, 0) is 4.79 Å². The van der Waals surface area contributed by atoms with Crippen LogP contribution in [0.1, 0.15) is 33.1 Å². The summed E-state index contributed by atoms with van der Waals surface area (Å²) in [5.74, 6) is 0.447. The predicted molar refractivity (Wildman–Crippen MR) is 76.9 cm³/mol. The fourth-order valence-corrected chi connectivity index (χ4v) is 2.30. The van der Waals surface area contributed by atoms with Gasteiger partial charge in [0.1, 0.15) is 0 Å². The zero-order chi connectivity index (χ0) is 13.5. The molecule has 0 spiro atoms. The van der Waals surface area contributed by atoms with Crippen LogP contribution in [0, 0.1) is 12.5 Å². The molecule has 19 heavy (non-hydrogen) atoms. The largest absolute Gasteiger partial charge is 0.395 e. The Morgan fingerprint density at radius 1 is 1.58 bits per heavy atom. The second-order valence-corrected chi connectivity index (χ2v) is 5.23. The molecule has 1 amide bonds. The summed E-state index contributed by atoms with van der Waals surface area (Å²) < 4.78 is 0. The Bertz CT molecular complexity index is 318. The van der Waals surface area contributed by atoms with Crippen molar-refractivity contribution < 1.29 is 9.90 Å². The van der Waals surface area contributed by atoms with E-state index in [0.717, 1.165) is 19.3 Å². The zero-order valence-corrected chi connectivity index (χ0v) is 12.4. The fraction of sp³-hybridized carbons (Fsp3) is 0.846. The number of halogens is 1. The monoisotopic (exact) mass is 289 g/mol. The van der Waals surface area contributed by atoms with E-state index in [9.17, 15) is 9.90 Å². The minimum atomic E-state index is -0.281. The van der Waals surface area contributed by atoms with Crippen LogP contribution in [0.15, 0.2) is 0 Å². The number of likely N-dealkylation sites (tertiary alicyclic amines) is 1. The van der Waals surface area contributed by atoms with Crippen LogP contribution >= 0.6 is 12.4 Å². The first kappa shape index (κ1) is 18.2. The van der Waals surface area contributed by atoms with Crippen LogP contribution in [0.25, 0.3) is 4.85 Å². The van der Waals surface area contributed by atoms with Crippen molar-refractivity contribution in [2.45, 2.75) is 45.3 Å². The number of amides is 1. The van der Waals surface area contributed by atoms with Gasteiger partial charge < -0.3 is 10.4 Å². The van der Waals surface area contributed by atoms with Gasteiger partial charge in [-0.25, -0.2) is 6.57 Å². The maximum atomic E-state index is 12.0. The van der Waals surface area contributed by atoms with Crippen LogP contribution in [-0.4, -0.2) is 47.8 Å². The van der Waals surface area contributed by atoms with Gasteiger partial charge in [-0.3, -0.25) is 14.5 Å². The predicted octanol–water partition coefficient (Wildman–Crippen LogP) is 1.27. The van der Waals surface area contributed by atoms with Gasteiger partial charge in [-0.1, -0.05) is 13.8 Å². The van der Waals surface area contributed by atoms with Gasteiger partial charge in [0.15, 0.2) is 0 Å². The summed E-state index contributed by atoms with van der Waals surface area (Å²) >= 11 is 0. The van der Waals surface area contributed by atoms with E-state index in [1.807, 2.05) is 0 Å². The van der Waals surface area contributed by atoms with Gasteiger partial charge in [-0.2, -0.15) is 0 Å². The smallest absolute Gasteiger partial charge is 0.300 e. The third-order valence-electron chi connectivity index (χ3n) is 3.21. The first-order valence-corrected chi connectivity index (χ1v) is 6.58. The summed E-state index contributed by atoms with van der Waals surface area (Å²) in [6.07, 6.45) is 2.26. The van der Waals surface area contributed by atoms with Crippen LogP contribution in [0.2, 0.25) is 0 Å². The van der Waals surface area contributed by atoms with Gasteiger partial charge in [0, 0.05) is 19.0 Å². The van der Waals surface area contributed by atoms with Crippen molar-refractivity contribution in [2.75, 3.05) is 19.7 Å². The molecule has 2 N–H and O–H groups in total. The number of carbonyl (C=O) groups is 1. The van der Waals surface area contributed by atoms with Crippen molar-refractivity contribution in [3.8, 4) is 0 Å². The molecule has 0 aromatic rings. The standard InChI is InChI=1S/C13H23N3O2.ClH/c1-10(2)7-11(9-17)15-8-13(18)16-6-4-5-12(16)14-3;/h10-12,15,17H,4-9H2,1-2H3;1H/t11-,12-;/m0./s1. The van der Waals surface area contributed by atoms with E-state index in [4.69, 9.17) is 6.57 Å². The molecule has 1 rings (SSSR count). The number of carbonyl (C=O) groups excluding carboxylic acids is 1. The lowest BCUT2D eigenvalue weighted by atomic mass is 10.0. The highest BCUT2D eigenvalue weighted by Crippen LogP contribution is 2.17. The SMILES string of the molecule is Cl.[C-]#[N+][C@@H]1CCCN1C(=O)CN[C@H](CO)CC(C)C. The van der Waals surface area contributed by atoms with Crippen molar-refractivity contribution in [1.29, 1.82) is 0 Å². The molecule has 1 aliphatic rings. The molecule has 1 heterocycles. The molecule has 5 nitrogen and oxygen atoms in total. The zero-order valence-electron chi connectivity index (χ0n) is 11.6. The van der Waals surface area contributed by atoms with Crippen molar-refractivity contribution in [3.05, 3.63) is 11.4 Å². The van der Waals surface area contributed by atoms with E-state index in [1.165, 1.54) is 0 Å². The van der Waals surface area contributed by atoms with Gasteiger partial charge in [-0.15, -0.1) is 12.4 Å². The summed E-state index contributed by atoms with van der Waals surface area (Å²) in [7, 11) is 0. The fourth-order valence-electron chi connectivity index (χ4n) is 2.30. The molecule has 1 aliphatic heterocycles. The second kappa shape index (κ2) is 9.13. The van der Waals surface area contributed by atoms with Gasteiger partial charge in [-0.05, 0) is 18.8 Å². The molecule has 0 radical (unpaired) electrons. The lowest BCUT2D eigenvalue weighted by Crippen LogP contribution is -2.44. The number of nitrogens with one attached hydrogen (secondary N) is 1. The minimum Gasteiger partial charge on any atom is -0.395 e. The van der Waals surface area contributed by atoms with Crippen LogP contribution in [0.5, 0.6) is 0 Å². The number of hydrogen-bond donors (Lipinski definition) is 2. The lowest BCUT2D eigenvalue weighted by Gasteiger charge is -2.21. The molecule has 1 fully saturated rings.